The molecule has 0 spiro atoms. The van der Waals surface area contributed by atoms with E-state index in [9.17, 15) is 9.50 Å². The Morgan fingerprint density at radius 2 is 2.08 bits per heavy atom. The zero-order valence-electron chi connectivity index (χ0n) is 7.21. The standard InChI is InChI=1S/C9H12FNO/c1-11(2)6-7-5-8(10)3-4-9(7)12/h3-5,12H,6H2,1-2H3. The van der Waals surface area contributed by atoms with Gasteiger partial charge in [0.2, 0.25) is 0 Å². The fraction of sp³-hybridized carbons (Fsp3) is 0.333. The molecule has 0 amide bonds. The summed E-state index contributed by atoms with van der Waals surface area (Å²) in [4.78, 5) is 1.87. The maximum absolute atomic E-state index is 12.7. The molecule has 0 aromatic heterocycles. The summed E-state index contributed by atoms with van der Waals surface area (Å²) in [5, 5.41) is 9.29. The second-order valence-electron chi connectivity index (χ2n) is 3.01. The summed E-state index contributed by atoms with van der Waals surface area (Å²) >= 11 is 0. The van der Waals surface area contributed by atoms with Crippen LogP contribution in [0.15, 0.2) is 18.2 Å². The van der Waals surface area contributed by atoms with Gasteiger partial charge < -0.3 is 10.0 Å². The van der Waals surface area contributed by atoms with Crippen molar-refractivity contribution in [3.05, 3.63) is 29.6 Å². The Kier molecular flexibility index (Phi) is 2.65. The molecule has 12 heavy (non-hydrogen) atoms. The van der Waals surface area contributed by atoms with Crippen LogP contribution >= 0.6 is 0 Å². The summed E-state index contributed by atoms with van der Waals surface area (Å²) in [5.74, 6) is -0.172. The lowest BCUT2D eigenvalue weighted by Crippen LogP contribution is -2.10. The molecule has 1 N–H and O–H groups in total. The van der Waals surface area contributed by atoms with Crippen molar-refractivity contribution in [3.8, 4) is 5.75 Å². The van der Waals surface area contributed by atoms with Crippen LogP contribution in [0.3, 0.4) is 0 Å². The second-order valence-corrected chi connectivity index (χ2v) is 3.01. The summed E-state index contributed by atoms with van der Waals surface area (Å²) in [6.07, 6.45) is 0. The summed E-state index contributed by atoms with van der Waals surface area (Å²) in [6.45, 7) is 0.545. The fourth-order valence-electron chi connectivity index (χ4n) is 1.02. The summed E-state index contributed by atoms with van der Waals surface area (Å²) in [5.41, 5.74) is 0.611. The molecule has 0 aliphatic carbocycles. The van der Waals surface area contributed by atoms with Crippen LogP contribution in [0.5, 0.6) is 5.75 Å². The highest BCUT2D eigenvalue weighted by molar-refractivity contribution is 5.32. The van der Waals surface area contributed by atoms with Crippen LogP contribution in [0.2, 0.25) is 0 Å². The number of rotatable bonds is 2. The smallest absolute Gasteiger partial charge is 0.123 e. The normalized spacial score (nSPS) is 10.7. The lowest BCUT2D eigenvalue weighted by molar-refractivity contribution is 0.384. The minimum absolute atomic E-state index is 0.144. The van der Waals surface area contributed by atoms with Crippen molar-refractivity contribution in [2.75, 3.05) is 14.1 Å². The highest BCUT2D eigenvalue weighted by atomic mass is 19.1. The number of hydrogen-bond acceptors (Lipinski definition) is 2. The van der Waals surface area contributed by atoms with Gasteiger partial charge in [-0.05, 0) is 32.3 Å². The van der Waals surface area contributed by atoms with Gasteiger partial charge in [0.15, 0.2) is 0 Å². The predicted molar refractivity (Wildman–Crippen MR) is 45.5 cm³/mol. The summed E-state index contributed by atoms with van der Waals surface area (Å²) in [7, 11) is 3.73. The molecule has 66 valence electrons. The van der Waals surface area contributed by atoms with Crippen LogP contribution in [0.25, 0.3) is 0 Å². The Bertz CT molecular complexity index is 273. The number of benzene rings is 1. The topological polar surface area (TPSA) is 23.5 Å². The van der Waals surface area contributed by atoms with Crippen LogP contribution in [-0.2, 0) is 6.54 Å². The third-order valence-corrected chi connectivity index (χ3v) is 1.53. The molecule has 1 aromatic rings. The van der Waals surface area contributed by atoms with E-state index in [2.05, 4.69) is 0 Å². The van der Waals surface area contributed by atoms with Crippen molar-refractivity contribution in [2.24, 2.45) is 0 Å². The van der Waals surface area contributed by atoms with Gasteiger partial charge in [0.1, 0.15) is 11.6 Å². The Hall–Kier alpha value is -1.09. The average molecular weight is 169 g/mol. The van der Waals surface area contributed by atoms with Gasteiger partial charge in [0.05, 0.1) is 0 Å². The van der Waals surface area contributed by atoms with E-state index in [1.807, 2.05) is 19.0 Å². The predicted octanol–water partition coefficient (Wildman–Crippen LogP) is 1.59. The maximum Gasteiger partial charge on any atom is 0.123 e. The molecule has 1 rings (SSSR count). The van der Waals surface area contributed by atoms with E-state index in [0.29, 0.717) is 12.1 Å². The quantitative estimate of drug-likeness (QED) is 0.726. The number of hydrogen-bond donors (Lipinski definition) is 1. The SMILES string of the molecule is CN(C)Cc1cc(F)ccc1O. The van der Waals surface area contributed by atoms with Crippen molar-refractivity contribution in [3.63, 3.8) is 0 Å². The third-order valence-electron chi connectivity index (χ3n) is 1.53. The lowest BCUT2D eigenvalue weighted by atomic mass is 10.2. The first-order valence-corrected chi connectivity index (χ1v) is 3.71. The van der Waals surface area contributed by atoms with E-state index in [0.717, 1.165) is 0 Å². The first-order chi connectivity index (χ1) is 5.59. The Labute approximate surface area is 71.2 Å². The van der Waals surface area contributed by atoms with Crippen molar-refractivity contribution >= 4 is 0 Å². The van der Waals surface area contributed by atoms with E-state index < -0.39 is 0 Å². The number of aromatic hydroxyl groups is 1. The van der Waals surface area contributed by atoms with Crippen molar-refractivity contribution in [1.82, 2.24) is 4.90 Å². The van der Waals surface area contributed by atoms with E-state index in [1.165, 1.54) is 18.2 Å². The molecule has 2 nitrogen and oxygen atoms in total. The van der Waals surface area contributed by atoms with E-state index >= 15 is 0 Å². The Morgan fingerprint density at radius 1 is 1.42 bits per heavy atom. The summed E-state index contributed by atoms with van der Waals surface area (Å²) in [6, 6.07) is 3.96. The van der Waals surface area contributed by atoms with Gasteiger partial charge in [-0.25, -0.2) is 4.39 Å². The molecular weight excluding hydrogens is 157 g/mol. The van der Waals surface area contributed by atoms with Crippen molar-refractivity contribution in [2.45, 2.75) is 6.54 Å². The molecule has 0 bridgehead atoms. The van der Waals surface area contributed by atoms with Gasteiger partial charge in [0, 0.05) is 12.1 Å². The third kappa shape index (κ3) is 2.20. The van der Waals surface area contributed by atoms with E-state index in [4.69, 9.17) is 0 Å². The van der Waals surface area contributed by atoms with E-state index in [1.54, 1.807) is 0 Å². The Balaban J connectivity index is 2.90. The van der Waals surface area contributed by atoms with Crippen LogP contribution in [0.4, 0.5) is 4.39 Å². The molecular formula is C9H12FNO. The van der Waals surface area contributed by atoms with Crippen LogP contribution in [0.1, 0.15) is 5.56 Å². The first kappa shape index (κ1) is 9.00. The van der Waals surface area contributed by atoms with Crippen LogP contribution in [-0.4, -0.2) is 24.1 Å². The highest BCUT2D eigenvalue weighted by Crippen LogP contribution is 2.18. The molecule has 0 unspecified atom stereocenters. The molecule has 0 saturated heterocycles. The molecule has 1 aromatic carbocycles. The number of nitrogens with zero attached hydrogens (tertiary/aromatic N) is 1. The molecule has 0 atom stereocenters. The molecule has 0 saturated carbocycles. The lowest BCUT2D eigenvalue weighted by Gasteiger charge is -2.10. The zero-order valence-corrected chi connectivity index (χ0v) is 7.21. The van der Waals surface area contributed by atoms with Gasteiger partial charge in [-0.2, -0.15) is 0 Å². The average Bonchev–Trinajstić information content (AvgIpc) is 1.96. The largest absolute Gasteiger partial charge is 0.508 e. The fourth-order valence-corrected chi connectivity index (χ4v) is 1.02. The number of phenols is 1. The second kappa shape index (κ2) is 3.54. The van der Waals surface area contributed by atoms with Gasteiger partial charge >= 0.3 is 0 Å². The highest BCUT2D eigenvalue weighted by Gasteiger charge is 2.02. The molecule has 0 radical (unpaired) electrons. The molecule has 0 fully saturated rings. The van der Waals surface area contributed by atoms with Crippen LogP contribution < -0.4 is 0 Å². The monoisotopic (exact) mass is 169 g/mol. The molecule has 0 aliphatic heterocycles. The van der Waals surface area contributed by atoms with Gasteiger partial charge in [-0.3, -0.25) is 0 Å². The Morgan fingerprint density at radius 3 is 2.67 bits per heavy atom. The van der Waals surface area contributed by atoms with Gasteiger partial charge in [-0.15, -0.1) is 0 Å². The minimum atomic E-state index is -0.315. The number of phenolic OH excluding ortho intramolecular Hbond substituents is 1. The first-order valence-electron chi connectivity index (χ1n) is 3.71. The maximum atomic E-state index is 12.7. The summed E-state index contributed by atoms with van der Waals surface area (Å²) < 4.78 is 12.7. The number of halogens is 1. The molecule has 0 heterocycles. The molecule has 3 heteroatoms. The van der Waals surface area contributed by atoms with Crippen molar-refractivity contribution < 1.29 is 9.50 Å². The van der Waals surface area contributed by atoms with Crippen molar-refractivity contribution in [1.29, 1.82) is 0 Å². The van der Waals surface area contributed by atoms with E-state index in [-0.39, 0.29) is 11.6 Å². The minimum Gasteiger partial charge on any atom is -0.508 e. The van der Waals surface area contributed by atoms with Gasteiger partial charge in [0.25, 0.3) is 0 Å². The molecule has 0 aliphatic rings. The zero-order chi connectivity index (χ0) is 9.14. The van der Waals surface area contributed by atoms with Crippen LogP contribution in [0, 0.1) is 5.82 Å². The van der Waals surface area contributed by atoms with Gasteiger partial charge in [-0.1, -0.05) is 0 Å².